The van der Waals surface area contributed by atoms with Gasteiger partial charge >= 0.3 is 11.9 Å². The van der Waals surface area contributed by atoms with Crippen LogP contribution in [-0.2, 0) is 47.7 Å². The second-order valence-corrected chi connectivity index (χ2v) is 16.9. The quantitative estimate of drug-likeness (QED) is 0.120. The summed E-state index contributed by atoms with van der Waals surface area (Å²) in [4.78, 5) is 121. The summed E-state index contributed by atoms with van der Waals surface area (Å²) in [5.41, 5.74) is 4.72. The Morgan fingerprint density at radius 2 is 1.11 bits per heavy atom. The van der Waals surface area contributed by atoms with Gasteiger partial charge in [0, 0.05) is 31.6 Å². The van der Waals surface area contributed by atoms with Crippen molar-refractivity contribution in [1.82, 2.24) is 20.4 Å². The summed E-state index contributed by atoms with van der Waals surface area (Å²) in [6, 6.07) is 6.51. The first-order chi connectivity index (χ1) is 30.5. The predicted octanol–water partition coefficient (Wildman–Crippen LogP) is 2.17. The van der Waals surface area contributed by atoms with Crippen molar-refractivity contribution in [1.29, 1.82) is 0 Å². The number of piperidine rings is 2. The molecule has 2 aromatic rings. The lowest BCUT2D eigenvalue weighted by atomic mass is 10.0. The van der Waals surface area contributed by atoms with E-state index in [9.17, 15) is 52.3 Å². The van der Waals surface area contributed by atoms with Crippen LogP contribution in [0.25, 0.3) is 0 Å². The Kier molecular flexibility index (Phi) is 17.7. The molecule has 352 valence electrons. The van der Waals surface area contributed by atoms with Gasteiger partial charge in [-0.15, -0.1) is 0 Å². The van der Waals surface area contributed by atoms with Crippen molar-refractivity contribution in [2.45, 2.75) is 103 Å². The molecule has 4 aliphatic rings. The van der Waals surface area contributed by atoms with Gasteiger partial charge in [-0.2, -0.15) is 0 Å². The van der Waals surface area contributed by atoms with Crippen LogP contribution in [0.5, 0.6) is 0 Å². The average molecular weight is 911 g/mol. The lowest BCUT2D eigenvalue weighted by molar-refractivity contribution is -0.157. The minimum atomic E-state index is -1.07. The van der Waals surface area contributed by atoms with Crippen LogP contribution in [0.15, 0.2) is 36.4 Å². The Morgan fingerprint density at radius 1 is 0.662 bits per heavy atom. The van der Waals surface area contributed by atoms with Crippen LogP contribution < -0.4 is 21.7 Å². The molecule has 2 aromatic carbocycles. The number of ether oxygens (including phenoxy) is 4. The molecule has 2 saturated heterocycles. The van der Waals surface area contributed by atoms with Crippen LogP contribution in [-0.4, -0.2) is 132 Å². The minimum absolute atomic E-state index is 0.0340. The van der Waals surface area contributed by atoms with Gasteiger partial charge in [-0.3, -0.25) is 68.4 Å². The highest BCUT2D eigenvalue weighted by molar-refractivity contribution is 6.26. The molecule has 0 bridgehead atoms. The van der Waals surface area contributed by atoms with Crippen molar-refractivity contribution in [2.75, 3.05) is 44.8 Å². The molecule has 2 atom stereocenters. The fraction of sp³-hybridized carbons (Fsp3) is 0.500. The SMILES string of the molecule is CC(C)(C)OC(=O)CCOCCN.CC(C)(C)OC(=O)CCOCCNc1cccc2c1C(=O)N(C1CCC(=O)NC1=O)C2=O.O=C1CCC(N2C(=O)c3cccc(F)c3C2=O)C(=O)N1. The maximum absolute atomic E-state index is 13.7. The number of carbonyl (C=O) groups is 10. The molecule has 0 spiro atoms. The maximum atomic E-state index is 13.7. The van der Waals surface area contributed by atoms with E-state index in [1.165, 1.54) is 18.2 Å². The molecular formula is C44H55FN6O14. The zero-order chi connectivity index (χ0) is 48.2. The first-order valence-corrected chi connectivity index (χ1v) is 20.9. The van der Waals surface area contributed by atoms with Gasteiger partial charge in [0.1, 0.15) is 29.1 Å². The number of halogens is 1. The standard InChI is InChI=1S/C22H27N3O7.C13H9FN2O4.C9H19NO3/c1-22(2,3)32-17(27)9-11-31-12-10-23-14-6-4-5-13-18(14)21(30)25(20(13)29)15-7-8-16(26)24-19(15)28;14-7-3-1-2-6-10(7)13(20)16(12(6)19)8-4-5-9(17)15-11(8)18;1-9(2,3)13-8(11)4-6-12-7-5-10/h4-6,15,23H,7-12H2,1-3H3,(H,24,26,28);1-3,8H,4-5H2,(H,15,17,18);4-7,10H2,1-3H3. The van der Waals surface area contributed by atoms with Crippen molar-refractivity contribution < 1.29 is 71.3 Å². The molecular weight excluding hydrogens is 856 g/mol. The molecule has 0 saturated carbocycles. The summed E-state index contributed by atoms with van der Waals surface area (Å²) >= 11 is 0. The van der Waals surface area contributed by atoms with Crippen molar-refractivity contribution in [3.05, 3.63) is 64.5 Å². The molecule has 20 nitrogen and oxygen atoms in total. The second kappa shape index (κ2) is 22.4. The number of nitrogens with one attached hydrogen (secondary N) is 3. The number of anilines is 1. The number of imide groups is 4. The van der Waals surface area contributed by atoms with E-state index in [2.05, 4.69) is 16.0 Å². The number of benzene rings is 2. The molecule has 8 amide bonds. The van der Waals surface area contributed by atoms with Crippen molar-refractivity contribution in [2.24, 2.45) is 5.73 Å². The third-order valence-electron chi connectivity index (χ3n) is 9.45. The van der Waals surface area contributed by atoms with Crippen LogP contribution in [0.4, 0.5) is 10.1 Å². The van der Waals surface area contributed by atoms with E-state index in [4.69, 9.17) is 24.7 Å². The van der Waals surface area contributed by atoms with E-state index >= 15 is 0 Å². The number of esters is 2. The van der Waals surface area contributed by atoms with Gasteiger partial charge in [0.05, 0.1) is 61.5 Å². The number of fused-ring (bicyclic) bond motifs is 2. The molecule has 2 unspecified atom stereocenters. The van der Waals surface area contributed by atoms with Crippen molar-refractivity contribution in [3.8, 4) is 0 Å². The highest BCUT2D eigenvalue weighted by Gasteiger charge is 2.47. The Morgan fingerprint density at radius 3 is 1.55 bits per heavy atom. The highest BCUT2D eigenvalue weighted by Crippen LogP contribution is 2.33. The van der Waals surface area contributed by atoms with Crippen LogP contribution in [0, 0.1) is 5.82 Å². The molecule has 0 radical (unpaired) electrons. The topological polar surface area (TPSA) is 276 Å². The van der Waals surface area contributed by atoms with E-state index in [1.807, 2.05) is 20.8 Å². The van der Waals surface area contributed by atoms with Crippen molar-refractivity contribution in [3.63, 3.8) is 0 Å². The van der Waals surface area contributed by atoms with Gasteiger partial charge in [0.2, 0.25) is 23.6 Å². The summed E-state index contributed by atoms with van der Waals surface area (Å²) in [6.07, 6.45) is 0.674. The molecule has 5 N–H and O–H groups in total. The van der Waals surface area contributed by atoms with Gasteiger partial charge < -0.3 is 30.0 Å². The van der Waals surface area contributed by atoms with Gasteiger partial charge in [0.15, 0.2) is 0 Å². The van der Waals surface area contributed by atoms with E-state index in [0.29, 0.717) is 32.0 Å². The molecule has 2 fully saturated rings. The number of hydrogen-bond donors (Lipinski definition) is 4. The Hall–Kier alpha value is -6.45. The number of carbonyl (C=O) groups excluding carboxylic acids is 10. The number of rotatable bonds is 14. The highest BCUT2D eigenvalue weighted by atomic mass is 19.1. The smallest absolute Gasteiger partial charge is 0.308 e. The third-order valence-corrected chi connectivity index (χ3v) is 9.45. The van der Waals surface area contributed by atoms with Crippen LogP contribution in [0.2, 0.25) is 0 Å². The van der Waals surface area contributed by atoms with E-state index in [1.54, 1.807) is 32.9 Å². The van der Waals surface area contributed by atoms with Gasteiger partial charge in [0.25, 0.3) is 23.6 Å². The second-order valence-electron chi connectivity index (χ2n) is 16.9. The van der Waals surface area contributed by atoms with Crippen LogP contribution in [0.1, 0.15) is 121 Å². The molecule has 65 heavy (non-hydrogen) atoms. The number of amides is 8. The summed E-state index contributed by atoms with van der Waals surface area (Å²) in [5, 5.41) is 7.31. The fourth-order valence-corrected chi connectivity index (χ4v) is 6.78. The lowest BCUT2D eigenvalue weighted by Crippen LogP contribution is -2.54. The van der Waals surface area contributed by atoms with Gasteiger partial charge in [-0.25, -0.2) is 4.39 Å². The van der Waals surface area contributed by atoms with E-state index < -0.39 is 76.4 Å². The van der Waals surface area contributed by atoms with Crippen LogP contribution in [0.3, 0.4) is 0 Å². The molecule has 6 rings (SSSR count). The molecule has 4 heterocycles. The Labute approximate surface area is 374 Å². The molecule has 0 aromatic heterocycles. The van der Waals surface area contributed by atoms with Crippen molar-refractivity contribution >= 4 is 64.9 Å². The number of hydrogen-bond acceptors (Lipinski definition) is 16. The summed E-state index contributed by atoms with van der Waals surface area (Å²) in [6.45, 7) is 13.1. The summed E-state index contributed by atoms with van der Waals surface area (Å²) < 4.78 is 34.4. The monoisotopic (exact) mass is 910 g/mol. The maximum Gasteiger partial charge on any atom is 0.308 e. The largest absolute Gasteiger partial charge is 0.460 e. The zero-order valence-corrected chi connectivity index (χ0v) is 37.2. The number of nitrogens with zero attached hydrogens (tertiary/aromatic N) is 2. The summed E-state index contributed by atoms with van der Waals surface area (Å²) in [7, 11) is 0. The normalized spacial score (nSPS) is 18.2. The third kappa shape index (κ3) is 14.0. The fourth-order valence-electron chi connectivity index (χ4n) is 6.78. The van der Waals surface area contributed by atoms with Crippen LogP contribution >= 0.6 is 0 Å². The van der Waals surface area contributed by atoms with E-state index in [-0.39, 0.29) is 85.9 Å². The minimum Gasteiger partial charge on any atom is -0.460 e. The van der Waals surface area contributed by atoms with E-state index in [0.717, 1.165) is 15.9 Å². The first kappa shape index (κ1) is 51.2. The first-order valence-electron chi connectivity index (χ1n) is 20.9. The predicted molar refractivity (Wildman–Crippen MR) is 226 cm³/mol. The Balaban J connectivity index is 0.000000238. The molecule has 0 aliphatic carbocycles. The molecule has 21 heteroatoms. The number of nitrogens with two attached hydrogens (primary N) is 1. The van der Waals surface area contributed by atoms with Gasteiger partial charge in [-0.1, -0.05) is 12.1 Å². The summed E-state index contributed by atoms with van der Waals surface area (Å²) in [5.74, 6) is -6.28. The Bertz CT molecular complexity index is 2200. The van der Waals surface area contributed by atoms with Gasteiger partial charge in [-0.05, 0) is 78.6 Å². The zero-order valence-electron chi connectivity index (χ0n) is 37.2. The molecule has 4 aliphatic heterocycles. The lowest BCUT2D eigenvalue weighted by Gasteiger charge is -2.27. The average Bonchev–Trinajstić information content (AvgIpc) is 3.62.